The first kappa shape index (κ1) is 20.0. The number of carboxylic acid groups (broad SMARTS) is 1. The SMILES string of the molecule is CC(NC(=O)c1ccc2c(n1)N(C(=O)O)[C@H]1CC(c3ccccc3)N2C1)C(F)(F)F. The number of nitrogens with one attached hydrogen (secondary N) is 1. The molecular weight excluding hydrogens is 401 g/mol. The van der Waals surface area contributed by atoms with Crippen LogP contribution < -0.4 is 15.1 Å². The second kappa shape index (κ2) is 7.19. The van der Waals surface area contributed by atoms with Gasteiger partial charge in [0.05, 0.1) is 17.8 Å². The summed E-state index contributed by atoms with van der Waals surface area (Å²) in [5, 5.41) is 11.6. The van der Waals surface area contributed by atoms with Gasteiger partial charge in [0.1, 0.15) is 11.7 Å². The Morgan fingerprint density at radius 1 is 1.20 bits per heavy atom. The second-order valence-corrected chi connectivity index (χ2v) is 7.40. The number of aromatic nitrogens is 1. The van der Waals surface area contributed by atoms with E-state index in [0.717, 1.165) is 17.4 Å². The number of nitrogens with zero attached hydrogens (tertiary/aromatic N) is 3. The van der Waals surface area contributed by atoms with Gasteiger partial charge in [0.2, 0.25) is 0 Å². The van der Waals surface area contributed by atoms with Gasteiger partial charge in [0.15, 0.2) is 5.82 Å². The van der Waals surface area contributed by atoms with Gasteiger partial charge in [-0.1, -0.05) is 30.3 Å². The molecule has 2 aromatic rings. The van der Waals surface area contributed by atoms with Gasteiger partial charge in [-0.05, 0) is 31.0 Å². The lowest BCUT2D eigenvalue weighted by Gasteiger charge is -2.35. The summed E-state index contributed by atoms with van der Waals surface area (Å²) >= 11 is 0. The Labute approximate surface area is 170 Å². The van der Waals surface area contributed by atoms with E-state index in [9.17, 15) is 27.9 Å². The van der Waals surface area contributed by atoms with Gasteiger partial charge >= 0.3 is 12.3 Å². The first-order valence-electron chi connectivity index (χ1n) is 9.39. The normalized spacial score (nSPS) is 21.2. The summed E-state index contributed by atoms with van der Waals surface area (Å²) < 4.78 is 38.3. The van der Waals surface area contributed by atoms with E-state index in [0.29, 0.717) is 18.7 Å². The molecule has 1 aromatic heterocycles. The summed E-state index contributed by atoms with van der Waals surface area (Å²) in [6, 6.07) is 10.00. The first-order chi connectivity index (χ1) is 14.2. The summed E-state index contributed by atoms with van der Waals surface area (Å²) in [4.78, 5) is 31.5. The lowest BCUT2D eigenvalue weighted by atomic mass is 10.0. The molecule has 3 atom stereocenters. The van der Waals surface area contributed by atoms with Gasteiger partial charge in [-0.25, -0.2) is 9.78 Å². The molecule has 3 heterocycles. The molecule has 0 radical (unpaired) electrons. The zero-order chi connectivity index (χ0) is 21.6. The van der Waals surface area contributed by atoms with Crippen LogP contribution in [0.5, 0.6) is 0 Å². The molecule has 4 rings (SSSR count). The van der Waals surface area contributed by atoms with E-state index in [1.54, 1.807) is 6.07 Å². The third-order valence-electron chi connectivity index (χ3n) is 5.50. The molecule has 30 heavy (non-hydrogen) atoms. The minimum absolute atomic E-state index is 0.0597. The molecule has 2 aliphatic rings. The fourth-order valence-corrected chi connectivity index (χ4v) is 4.00. The van der Waals surface area contributed by atoms with Gasteiger partial charge in [0.25, 0.3) is 5.91 Å². The summed E-state index contributed by atoms with van der Waals surface area (Å²) in [5.41, 5.74) is 1.29. The molecule has 1 aromatic carbocycles. The van der Waals surface area contributed by atoms with Crippen molar-refractivity contribution in [1.82, 2.24) is 10.3 Å². The topological polar surface area (TPSA) is 85.8 Å². The zero-order valence-corrected chi connectivity index (χ0v) is 15.9. The third-order valence-corrected chi connectivity index (χ3v) is 5.50. The van der Waals surface area contributed by atoms with Gasteiger partial charge < -0.3 is 15.3 Å². The maximum absolute atomic E-state index is 12.8. The summed E-state index contributed by atoms with van der Waals surface area (Å²) in [6.45, 7) is 1.30. The number of amides is 2. The van der Waals surface area contributed by atoms with Crippen LogP contribution in [-0.2, 0) is 0 Å². The average Bonchev–Trinajstić information content (AvgIpc) is 3.07. The second-order valence-electron chi connectivity index (χ2n) is 7.40. The van der Waals surface area contributed by atoms with Crippen molar-refractivity contribution in [3.63, 3.8) is 0 Å². The highest BCUT2D eigenvalue weighted by Gasteiger charge is 2.46. The molecule has 0 spiro atoms. The number of anilines is 2. The van der Waals surface area contributed by atoms with E-state index in [1.807, 2.05) is 40.5 Å². The summed E-state index contributed by atoms with van der Waals surface area (Å²) in [7, 11) is 0. The van der Waals surface area contributed by atoms with Gasteiger partial charge in [0, 0.05) is 6.54 Å². The Morgan fingerprint density at radius 3 is 2.53 bits per heavy atom. The van der Waals surface area contributed by atoms with Crippen LogP contribution in [0.3, 0.4) is 0 Å². The van der Waals surface area contributed by atoms with Crippen LogP contribution in [0, 0.1) is 0 Å². The number of halogens is 3. The Kier molecular flexibility index (Phi) is 4.79. The quantitative estimate of drug-likeness (QED) is 0.793. The minimum Gasteiger partial charge on any atom is -0.465 e. The van der Waals surface area contributed by atoms with Crippen molar-refractivity contribution in [2.45, 2.75) is 37.6 Å². The number of rotatable bonds is 3. The lowest BCUT2D eigenvalue weighted by Crippen LogP contribution is -2.46. The Hall–Kier alpha value is -3.30. The molecule has 1 fully saturated rings. The van der Waals surface area contributed by atoms with Crippen molar-refractivity contribution in [3.8, 4) is 0 Å². The number of hydrogen-bond donors (Lipinski definition) is 2. The zero-order valence-electron chi connectivity index (χ0n) is 15.9. The summed E-state index contributed by atoms with van der Waals surface area (Å²) in [5.74, 6) is -0.954. The molecule has 158 valence electrons. The Morgan fingerprint density at radius 2 is 1.90 bits per heavy atom. The smallest absolute Gasteiger partial charge is 0.413 e. The fourth-order valence-electron chi connectivity index (χ4n) is 4.00. The van der Waals surface area contributed by atoms with Crippen molar-refractivity contribution in [2.24, 2.45) is 0 Å². The Bertz CT molecular complexity index is 983. The third kappa shape index (κ3) is 3.42. The van der Waals surface area contributed by atoms with Crippen molar-refractivity contribution in [3.05, 3.63) is 53.7 Å². The van der Waals surface area contributed by atoms with E-state index < -0.39 is 24.2 Å². The predicted molar refractivity (Wildman–Crippen MR) is 103 cm³/mol. The van der Waals surface area contributed by atoms with Crippen LogP contribution in [0.4, 0.5) is 29.5 Å². The number of alkyl halides is 3. The predicted octanol–water partition coefficient (Wildman–Crippen LogP) is 3.58. The number of pyridine rings is 1. The van der Waals surface area contributed by atoms with Gasteiger partial charge in [-0.2, -0.15) is 13.2 Å². The number of carbonyl (C=O) groups is 2. The number of hydrogen-bond acceptors (Lipinski definition) is 4. The molecule has 2 amide bonds. The standard InChI is InChI=1S/C20H19F3N4O3/c1-11(20(21,22)23)24-18(28)14-7-8-15-17(25-14)27(19(29)30)13-9-16(26(15)10-13)12-5-3-2-4-6-12/h2-8,11,13,16H,9-10H2,1H3,(H,24,28)(H,29,30)/t11?,13-,16?/m0/s1. The molecule has 0 aliphatic carbocycles. The molecule has 2 N–H and O–H groups in total. The molecule has 1 saturated heterocycles. The monoisotopic (exact) mass is 420 g/mol. The molecule has 2 bridgehead atoms. The van der Waals surface area contributed by atoms with Gasteiger partial charge in [-0.15, -0.1) is 0 Å². The number of carbonyl (C=O) groups excluding carboxylic acids is 1. The van der Waals surface area contributed by atoms with E-state index in [-0.39, 0.29) is 23.6 Å². The Balaban J connectivity index is 1.69. The minimum atomic E-state index is -4.59. The molecule has 0 saturated carbocycles. The van der Waals surface area contributed by atoms with E-state index >= 15 is 0 Å². The highest BCUT2D eigenvalue weighted by molar-refractivity contribution is 5.97. The van der Waals surface area contributed by atoms with Crippen LogP contribution in [0.2, 0.25) is 0 Å². The molecule has 2 unspecified atom stereocenters. The van der Waals surface area contributed by atoms with E-state index in [4.69, 9.17) is 0 Å². The van der Waals surface area contributed by atoms with Crippen molar-refractivity contribution >= 4 is 23.5 Å². The van der Waals surface area contributed by atoms with Crippen LogP contribution in [0.15, 0.2) is 42.5 Å². The largest absolute Gasteiger partial charge is 0.465 e. The van der Waals surface area contributed by atoms with Crippen molar-refractivity contribution in [1.29, 1.82) is 0 Å². The average molecular weight is 420 g/mol. The fraction of sp³-hybridized carbons (Fsp3) is 0.350. The van der Waals surface area contributed by atoms with E-state index in [1.165, 1.54) is 6.07 Å². The van der Waals surface area contributed by atoms with Crippen molar-refractivity contribution < 1.29 is 27.9 Å². The first-order valence-corrected chi connectivity index (χ1v) is 9.39. The van der Waals surface area contributed by atoms with Crippen LogP contribution >= 0.6 is 0 Å². The molecule has 2 aliphatic heterocycles. The maximum Gasteiger partial charge on any atom is 0.413 e. The molecule has 10 heteroatoms. The number of fused-ring (bicyclic) bond motifs is 4. The highest BCUT2D eigenvalue weighted by Crippen LogP contribution is 2.47. The van der Waals surface area contributed by atoms with Crippen LogP contribution in [-0.4, -0.2) is 46.9 Å². The summed E-state index contributed by atoms with van der Waals surface area (Å²) in [6.07, 6.45) is -5.27. The maximum atomic E-state index is 12.8. The molecular formula is C20H19F3N4O3. The van der Waals surface area contributed by atoms with E-state index in [2.05, 4.69) is 4.98 Å². The van der Waals surface area contributed by atoms with Crippen molar-refractivity contribution in [2.75, 3.05) is 16.3 Å². The van der Waals surface area contributed by atoms with Crippen LogP contribution in [0.25, 0.3) is 0 Å². The van der Waals surface area contributed by atoms with Gasteiger partial charge in [-0.3, -0.25) is 9.69 Å². The highest BCUT2D eigenvalue weighted by atomic mass is 19.4. The molecule has 7 nitrogen and oxygen atoms in total. The lowest BCUT2D eigenvalue weighted by molar-refractivity contribution is -0.149. The van der Waals surface area contributed by atoms with Crippen LogP contribution in [0.1, 0.15) is 35.4 Å². The number of benzene rings is 1.